The molecule has 3 amide bonds. The SMILES string of the molecule is COc1ccc(Cl)cc1N1CC(C(=O)Nc2ccc(C(=O)NC(C)(C)C)cc2)CC1=O. The zero-order chi connectivity index (χ0) is 22.8. The number of methoxy groups -OCH3 is 1. The summed E-state index contributed by atoms with van der Waals surface area (Å²) in [5, 5.41) is 6.19. The van der Waals surface area contributed by atoms with Crippen molar-refractivity contribution in [2.75, 3.05) is 23.9 Å². The van der Waals surface area contributed by atoms with Gasteiger partial charge < -0.3 is 20.3 Å². The van der Waals surface area contributed by atoms with Gasteiger partial charge in [0.2, 0.25) is 11.8 Å². The lowest BCUT2D eigenvalue weighted by Gasteiger charge is -2.20. The highest BCUT2D eigenvalue weighted by atomic mass is 35.5. The molecule has 1 heterocycles. The Labute approximate surface area is 186 Å². The lowest BCUT2D eigenvalue weighted by Crippen LogP contribution is -2.40. The van der Waals surface area contributed by atoms with Gasteiger partial charge in [-0.25, -0.2) is 0 Å². The molecule has 1 aliphatic rings. The minimum atomic E-state index is -0.514. The summed E-state index contributed by atoms with van der Waals surface area (Å²) >= 11 is 6.08. The van der Waals surface area contributed by atoms with E-state index in [1.165, 1.54) is 12.0 Å². The van der Waals surface area contributed by atoms with Gasteiger partial charge in [-0.05, 0) is 63.2 Å². The van der Waals surface area contributed by atoms with E-state index in [0.29, 0.717) is 27.7 Å². The number of carbonyl (C=O) groups is 3. The van der Waals surface area contributed by atoms with Crippen LogP contribution in [0.5, 0.6) is 5.75 Å². The molecule has 1 unspecified atom stereocenters. The third-order valence-electron chi connectivity index (χ3n) is 4.83. The molecule has 31 heavy (non-hydrogen) atoms. The first-order valence-corrected chi connectivity index (χ1v) is 10.3. The predicted molar refractivity (Wildman–Crippen MR) is 121 cm³/mol. The Kier molecular flexibility index (Phi) is 6.55. The smallest absolute Gasteiger partial charge is 0.251 e. The number of anilines is 2. The fraction of sp³-hybridized carbons (Fsp3) is 0.348. The maximum Gasteiger partial charge on any atom is 0.251 e. The van der Waals surface area contributed by atoms with E-state index in [4.69, 9.17) is 16.3 Å². The molecule has 0 saturated carbocycles. The number of benzene rings is 2. The molecule has 164 valence electrons. The molecule has 1 fully saturated rings. The number of amides is 3. The Hall–Kier alpha value is -3.06. The van der Waals surface area contributed by atoms with Crippen molar-refractivity contribution in [3.05, 3.63) is 53.1 Å². The van der Waals surface area contributed by atoms with E-state index in [2.05, 4.69) is 10.6 Å². The zero-order valence-corrected chi connectivity index (χ0v) is 18.7. The summed E-state index contributed by atoms with van der Waals surface area (Å²) in [5.41, 5.74) is 1.27. The summed E-state index contributed by atoms with van der Waals surface area (Å²) in [7, 11) is 1.52. The Morgan fingerprint density at radius 2 is 1.81 bits per heavy atom. The summed E-state index contributed by atoms with van der Waals surface area (Å²) in [6.45, 7) is 5.95. The second-order valence-corrected chi connectivity index (χ2v) is 8.93. The molecule has 2 N–H and O–H groups in total. The van der Waals surface area contributed by atoms with Crippen LogP contribution in [-0.4, -0.2) is 36.9 Å². The van der Waals surface area contributed by atoms with E-state index in [9.17, 15) is 14.4 Å². The predicted octanol–water partition coefficient (Wildman–Crippen LogP) is 3.87. The summed E-state index contributed by atoms with van der Waals surface area (Å²) < 4.78 is 5.33. The quantitative estimate of drug-likeness (QED) is 0.734. The minimum Gasteiger partial charge on any atom is -0.495 e. The lowest BCUT2D eigenvalue weighted by molar-refractivity contribution is -0.122. The molecule has 0 aromatic heterocycles. The van der Waals surface area contributed by atoms with Gasteiger partial charge in [0.15, 0.2) is 0 Å². The molecule has 1 atom stereocenters. The van der Waals surface area contributed by atoms with Gasteiger partial charge in [0, 0.05) is 34.8 Å². The molecular weight excluding hydrogens is 418 g/mol. The normalized spacial score (nSPS) is 16.2. The van der Waals surface area contributed by atoms with Crippen LogP contribution in [0.25, 0.3) is 0 Å². The third-order valence-corrected chi connectivity index (χ3v) is 5.07. The van der Waals surface area contributed by atoms with E-state index >= 15 is 0 Å². The molecule has 0 spiro atoms. The Morgan fingerprint density at radius 1 is 1.13 bits per heavy atom. The van der Waals surface area contributed by atoms with Gasteiger partial charge in [-0.3, -0.25) is 14.4 Å². The van der Waals surface area contributed by atoms with Gasteiger partial charge in [0.1, 0.15) is 5.75 Å². The first-order chi connectivity index (χ1) is 14.6. The van der Waals surface area contributed by atoms with Crippen molar-refractivity contribution >= 4 is 40.7 Å². The molecule has 3 rings (SSSR count). The average Bonchev–Trinajstić information content (AvgIpc) is 3.09. The van der Waals surface area contributed by atoms with Crippen LogP contribution in [0.2, 0.25) is 5.02 Å². The first-order valence-electron chi connectivity index (χ1n) is 9.95. The molecule has 8 heteroatoms. The van der Waals surface area contributed by atoms with Gasteiger partial charge >= 0.3 is 0 Å². The van der Waals surface area contributed by atoms with Crippen molar-refractivity contribution in [1.82, 2.24) is 5.32 Å². The van der Waals surface area contributed by atoms with Crippen molar-refractivity contribution in [2.24, 2.45) is 5.92 Å². The van der Waals surface area contributed by atoms with Crippen LogP contribution in [0.4, 0.5) is 11.4 Å². The first kappa shape index (κ1) is 22.6. The number of nitrogens with one attached hydrogen (secondary N) is 2. The van der Waals surface area contributed by atoms with Crippen molar-refractivity contribution in [1.29, 1.82) is 0 Å². The second kappa shape index (κ2) is 8.98. The van der Waals surface area contributed by atoms with Crippen LogP contribution in [0.1, 0.15) is 37.6 Å². The van der Waals surface area contributed by atoms with Crippen LogP contribution in [-0.2, 0) is 9.59 Å². The van der Waals surface area contributed by atoms with Crippen LogP contribution in [0, 0.1) is 5.92 Å². The van der Waals surface area contributed by atoms with Crippen LogP contribution in [0.3, 0.4) is 0 Å². The molecular formula is C23H26ClN3O4. The zero-order valence-electron chi connectivity index (χ0n) is 18.0. The molecule has 1 saturated heterocycles. The highest BCUT2D eigenvalue weighted by molar-refractivity contribution is 6.31. The maximum absolute atomic E-state index is 12.7. The minimum absolute atomic E-state index is 0.0908. The summed E-state index contributed by atoms with van der Waals surface area (Å²) in [4.78, 5) is 39.0. The molecule has 7 nitrogen and oxygen atoms in total. The second-order valence-electron chi connectivity index (χ2n) is 8.49. The van der Waals surface area contributed by atoms with Crippen molar-refractivity contribution < 1.29 is 19.1 Å². The number of halogens is 1. The van der Waals surface area contributed by atoms with E-state index < -0.39 is 5.92 Å². The molecule has 0 aliphatic carbocycles. The molecule has 0 radical (unpaired) electrons. The maximum atomic E-state index is 12.7. The number of nitrogens with zero attached hydrogens (tertiary/aromatic N) is 1. The molecule has 2 aromatic rings. The third kappa shape index (κ3) is 5.55. The number of rotatable bonds is 5. The summed E-state index contributed by atoms with van der Waals surface area (Å²) in [6.07, 6.45) is 0.0908. The molecule has 0 bridgehead atoms. The van der Waals surface area contributed by atoms with E-state index in [0.717, 1.165) is 0 Å². The lowest BCUT2D eigenvalue weighted by atomic mass is 10.1. The number of hydrogen-bond acceptors (Lipinski definition) is 4. The summed E-state index contributed by atoms with van der Waals surface area (Å²) in [6, 6.07) is 11.7. The summed E-state index contributed by atoms with van der Waals surface area (Å²) in [5.74, 6) is -0.612. The van der Waals surface area contributed by atoms with Gasteiger partial charge in [0.05, 0.1) is 18.7 Å². The topological polar surface area (TPSA) is 87.7 Å². The van der Waals surface area contributed by atoms with E-state index in [-0.39, 0.29) is 36.2 Å². The van der Waals surface area contributed by atoms with Crippen LogP contribution < -0.4 is 20.3 Å². The van der Waals surface area contributed by atoms with Crippen molar-refractivity contribution in [3.8, 4) is 5.75 Å². The van der Waals surface area contributed by atoms with Gasteiger partial charge in [0.25, 0.3) is 5.91 Å². The fourth-order valence-electron chi connectivity index (χ4n) is 3.35. The van der Waals surface area contributed by atoms with E-state index in [1.54, 1.807) is 42.5 Å². The van der Waals surface area contributed by atoms with Crippen LogP contribution in [0.15, 0.2) is 42.5 Å². The van der Waals surface area contributed by atoms with Crippen LogP contribution >= 0.6 is 11.6 Å². The van der Waals surface area contributed by atoms with Crippen molar-refractivity contribution in [2.45, 2.75) is 32.7 Å². The number of ether oxygens (including phenoxy) is 1. The average molecular weight is 444 g/mol. The van der Waals surface area contributed by atoms with E-state index in [1.807, 2.05) is 20.8 Å². The fourth-order valence-corrected chi connectivity index (χ4v) is 3.52. The van der Waals surface area contributed by atoms with Crippen molar-refractivity contribution in [3.63, 3.8) is 0 Å². The number of carbonyl (C=O) groups excluding carboxylic acids is 3. The molecule has 2 aromatic carbocycles. The van der Waals surface area contributed by atoms with Gasteiger partial charge in [-0.1, -0.05) is 11.6 Å². The van der Waals surface area contributed by atoms with Gasteiger partial charge in [-0.15, -0.1) is 0 Å². The number of hydrogen-bond donors (Lipinski definition) is 2. The molecule has 1 aliphatic heterocycles. The monoisotopic (exact) mass is 443 g/mol. The highest BCUT2D eigenvalue weighted by Gasteiger charge is 2.36. The Balaban J connectivity index is 1.66. The highest BCUT2D eigenvalue weighted by Crippen LogP contribution is 2.35. The standard InChI is InChI=1S/C23H26ClN3O4/c1-23(2,3)26-22(30)14-5-8-17(9-6-14)25-21(29)15-11-20(28)27(13-15)18-12-16(24)7-10-19(18)31-4/h5-10,12,15H,11,13H2,1-4H3,(H,25,29)(H,26,30). The Bertz CT molecular complexity index is 999. The Morgan fingerprint density at radius 3 is 2.42 bits per heavy atom. The van der Waals surface area contributed by atoms with Gasteiger partial charge in [-0.2, -0.15) is 0 Å². The largest absolute Gasteiger partial charge is 0.495 e.